The summed E-state index contributed by atoms with van der Waals surface area (Å²) in [7, 11) is 1.81. The molecule has 1 unspecified atom stereocenters. The average Bonchev–Trinajstić information content (AvgIpc) is 3.30. The Morgan fingerprint density at radius 1 is 1.14 bits per heavy atom. The van der Waals surface area contributed by atoms with E-state index in [-0.39, 0.29) is 17.5 Å². The molecule has 3 heterocycles. The molecule has 2 aromatic heterocycles. The second-order valence-corrected chi connectivity index (χ2v) is 7.11. The van der Waals surface area contributed by atoms with Crippen molar-refractivity contribution in [3.63, 3.8) is 0 Å². The van der Waals surface area contributed by atoms with Crippen LogP contribution in [0.4, 0.5) is 0 Å². The van der Waals surface area contributed by atoms with Crippen LogP contribution in [0.25, 0.3) is 11.5 Å². The number of rotatable bonds is 4. The summed E-state index contributed by atoms with van der Waals surface area (Å²) in [4.78, 5) is 30.5. The Morgan fingerprint density at radius 2 is 1.90 bits per heavy atom. The molecule has 9 nitrogen and oxygen atoms in total. The third-order valence-corrected chi connectivity index (χ3v) is 5.08. The number of carbonyl (C=O) groups excluding carboxylic acids is 1. The van der Waals surface area contributed by atoms with Gasteiger partial charge >= 0.3 is 5.97 Å². The van der Waals surface area contributed by atoms with Crippen molar-refractivity contribution in [1.29, 1.82) is 0 Å². The van der Waals surface area contributed by atoms with Crippen LogP contribution in [-0.4, -0.2) is 48.3 Å². The quantitative estimate of drug-likeness (QED) is 0.722. The molecule has 29 heavy (non-hydrogen) atoms. The lowest BCUT2D eigenvalue weighted by Gasteiger charge is -2.28. The van der Waals surface area contributed by atoms with Crippen LogP contribution in [0.5, 0.6) is 0 Å². The van der Waals surface area contributed by atoms with Crippen LogP contribution in [0.3, 0.4) is 0 Å². The molecule has 4 rings (SSSR count). The van der Waals surface area contributed by atoms with E-state index in [0.717, 1.165) is 31.2 Å². The molecule has 1 N–H and O–H groups in total. The number of aryl methyl sites for hydroxylation is 1. The van der Waals surface area contributed by atoms with E-state index in [0.29, 0.717) is 23.8 Å². The third kappa shape index (κ3) is 3.89. The molecule has 1 fully saturated rings. The summed E-state index contributed by atoms with van der Waals surface area (Å²) in [6.45, 7) is 0.584. The number of likely N-dealkylation sites (tertiary alicyclic amines) is 1. The van der Waals surface area contributed by atoms with Gasteiger partial charge in [0.2, 0.25) is 0 Å². The fourth-order valence-corrected chi connectivity index (χ4v) is 3.56. The van der Waals surface area contributed by atoms with Gasteiger partial charge in [0.15, 0.2) is 5.82 Å². The molecule has 1 aromatic carbocycles. The van der Waals surface area contributed by atoms with Crippen molar-refractivity contribution in [2.24, 2.45) is 7.05 Å². The van der Waals surface area contributed by atoms with Gasteiger partial charge in [0, 0.05) is 25.4 Å². The number of carboxylic acids is 1. The molecular weight excluding hydrogens is 374 g/mol. The number of hydrogen-bond acceptors (Lipinski definition) is 6. The first kappa shape index (κ1) is 18.9. The highest BCUT2D eigenvalue weighted by molar-refractivity contribution is 5.96. The number of aromatic carboxylic acids is 1. The Balaban J connectivity index is 1.61. The Kier molecular flexibility index (Phi) is 5.11. The van der Waals surface area contributed by atoms with Crippen LogP contribution in [0.15, 0.2) is 41.2 Å². The Labute approximate surface area is 166 Å². The predicted molar refractivity (Wildman–Crippen MR) is 102 cm³/mol. The summed E-state index contributed by atoms with van der Waals surface area (Å²) < 4.78 is 7.07. The molecule has 1 atom stereocenters. The number of carboxylic acid groups (broad SMARTS) is 1. The zero-order chi connectivity index (χ0) is 20.4. The summed E-state index contributed by atoms with van der Waals surface area (Å²) in [6.07, 6.45) is 7.05. The van der Waals surface area contributed by atoms with Crippen molar-refractivity contribution in [2.45, 2.75) is 31.7 Å². The maximum atomic E-state index is 13.2. The first-order valence-corrected chi connectivity index (χ1v) is 9.50. The molecule has 1 aliphatic rings. The molecule has 0 aliphatic carbocycles. The minimum absolute atomic E-state index is 0.147. The van der Waals surface area contributed by atoms with Crippen LogP contribution >= 0.6 is 0 Å². The van der Waals surface area contributed by atoms with E-state index < -0.39 is 5.97 Å². The van der Waals surface area contributed by atoms with Crippen LogP contribution in [0.1, 0.15) is 58.3 Å². The van der Waals surface area contributed by atoms with E-state index in [2.05, 4.69) is 15.2 Å². The summed E-state index contributed by atoms with van der Waals surface area (Å²) in [6, 6.07) is 5.68. The molecule has 1 amide bonds. The minimum Gasteiger partial charge on any atom is -0.478 e. The van der Waals surface area contributed by atoms with E-state index in [9.17, 15) is 9.59 Å². The molecule has 0 radical (unpaired) electrons. The molecule has 3 aromatic rings. The fraction of sp³-hybridized carbons (Fsp3) is 0.350. The Hall–Kier alpha value is -3.49. The van der Waals surface area contributed by atoms with E-state index in [1.54, 1.807) is 34.1 Å². The lowest BCUT2D eigenvalue weighted by atomic mass is 10.1. The number of hydrogen-bond donors (Lipinski definition) is 1. The van der Waals surface area contributed by atoms with Crippen LogP contribution in [0, 0.1) is 0 Å². The number of carbonyl (C=O) groups is 2. The normalized spacial score (nSPS) is 17.1. The number of amides is 1. The van der Waals surface area contributed by atoms with Crippen LogP contribution in [0.2, 0.25) is 0 Å². The molecule has 0 saturated carbocycles. The summed E-state index contributed by atoms with van der Waals surface area (Å²) in [5.41, 5.74) is 1.31. The van der Waals surface area contributed by atoms with E-state index in [1.807, 2.05) is 7.05 Å². The zero-order valence-corrected chi connectivity index (χ0v) is 16.0. The highest BCUT2D eigenvalue weighted by atomic mass is 16.5. The van der Waals surface area contributed by atoms with Crippen molar-refractivity contribution in [3.05, 3.63) is 53.6 Å². The molecule has 1 aliphatic heterocycles. The van der Waals surface area contributed by atoms with Gasteiger partial charge in [-0.15, -0.1) is 0 Å². The van der Waals surface area contributed by atoms with Gasteiger partial charge < -0.3 is 14.5 Å². The molecular formula is C20H21N5O4. The smallest absolute Gasteiger partial charge is 0.335 e. The van der Waals surface area contributed by atoms with Crippen LogP contribution in [-0.2, 0) is 7.05 Å². The highest BCUT2D eigenvalue weighted by Gasteiger charge is 2.31. The summed E-state index contributed by atoms with van der Waals surface area (Å²) >= 11 is 0. The average molecular weight is 395 g/mol. The van der Waals surface area contributed by atoms with Gasteiger partial charge in [0.05, 0.1) is 23.4 Å². The van der Waals surface area contributed by atoms with Gasteiger partial charge in [-0.25, -0.2) is 4.79 Å². The topological polar surface area (TPSA) is 114 Å². The van der Waals surface area contributed by atoms with Gasteiger partial charge in [-0.2, -0.15) is 10.1 Å². The van der Waals surface area contributed by atoms with E-state index >= 15 is 0 Å². The van der Waals surface area contributed by atoms with Crippen molar-refractivity contribution in [1.82, 2.24) is 24.8 Å². The first-order chi connectivity index (χ1) is 14.0. The Morgan fingerprint density at radius 3 is 2.59 bits per heavy atom. The monoisotopic (exact) mass is 395 g/mol. The van der Waals surface area contributed by atoms with E-state index in [1.165, 1.54) is 12.1 Å². The molecule has 9 heteroatoms. The number of benzene rings is 1. The van der Waals surface area contributed by atoms with Gasteiger partial charge in [0.1, 0.15) is 0 Å². The fourth-order valence-electron chi connectivity index (χ4n) is 3.56. The number of aromatic nitrogens is 4. The lowest BCUT2D eigenvalue weighted by Crippen LogP contribution is -2.35. The number of nitrogens with zero attached hydrogens (tertiary/aromatic N) is 5. The minimum atomic E-state index is -1.02. The van der Waals surface area contributed by atoms with Crippen LogP contribution < -0.4 is 0 Å². The van der Waals surface area contributed by atoms with Gasteiger partial charge in [0.25, 0.3) is 11.8 Å². The maximum Gasteiger partial charge on any atom is 0.335 e. The predicted octanol–water partition coefficient (Wildman–Crippen LogP) is 2.93. The van der Waals surface area contributed by atoms with Gasteiger partial charge in [-0.3, -0.25) is 9.48 Å². The lowest BCUT2D eigenvalue weighted by molar-refractivity contribution is 0.0664. The van der Waals surface area contributed by atoms with Crippen molar-refractivity contribution < 1.29 is 19.2 Å². The van der Waals surface area contributed by atoms with E-state index in [4.69, 9.17) is 9.63 Å². The molecule has 0 spiro atoms. The summed E-state index contributed by atoms with van der Waals surface area (Å²) in [5.74, 6) is -0.343. The maximum absolute atomic E-state index is 13.2. The van der Waals surface area contributed by atoms with Gasteiger partial charge in [-0.05, 0) is 37.1 Å². The second-order valence-electron chi connectivity index (χ2n) is 7.11. The molecule has 0 bridgehead atoms. The standard InChI is InChI=1S/C20H21N5O4/c1-24-12-15(11-21-24)18-22-17(23-29-18)16-5-3-2-4-10-25(16)19(26)13-6-8-14(9-7-13)20(27)28/h6-9,11-12,16H,2-5,10H2,1H3,(H,27,28). The zero-order valence-electron chi connectivity index (χ0n) is 16.0. The second kappa shape index (κ2) is 7.86. The summed E-state index contributed by atoms with van der Waals surface area (Å²) in [5, 5.41) is 17.3. The first-order valence-electron chi connectivity index (χ1n) is 9.50. The van der Waals surface area contributed by atoms with Gasteiger partial charge in [-0.1, -0.05) is 18.0 Å². The van der Waals surface area contributed by atoms with Crippen molar-refractivity contribution >= 4 is 11.9 Å². The third-order valence-electron chi connectivity index (χ3n) is 5.08. The highest BCUT2D eigenvalue weighted by Crippen LogP contribution is 2.31. The molecule has 1 saturated heterocycles. The van der Waals surface area contributed by atoms with Crippen molar-refractivity contribution in [2.75, 3.05) is 6.54 Å². The SMILES string of the molecule is Cn1cc(-c2nc(C3CCCCCN3C(=O)c3ccc(C(=O)O)cc3)no2)cn1. The molecule has 150 valence electrons. The largest absolute Gasteiger partial charge is 0.478 e. The Bertz CT molecular complexity index is 1020. The van der Waals surface area contributed by atoms with Crippen molar-refractivity contribution in [3.8, 4) is 11.5 Å².